The molecule has 1 aromatic carbocycles. The van der Waals surface area contributed by atoms with Crippen molar-refractivity contribution in [2.24, 2.45) is 0 Å². The first kappa shape index (κ1) is 32.5. The van der Waals surface area contributed by atoms with Crippen LogP contribution in [0.5, 0.6) is 0 Å². The van der Waals surface area contributed by atoms with Crippen LogP contribution in [0.2, 0.25) is 5.28 Å². The predicted molar refractivity (Wildman–Crippen MR) is 158 cm³/mol. The number of halogens is 2. The van der Waals surface area contributed by atoms with Gasteiger partial charge in [0.2, 0.25) is 17.0 Å². The third-order valence-corrected chi connectivity index (χ3v) is 7.89. The maximum atomic E-state index is 15.6. The average molecular weight is 649 g/mol. The number of imidazole rings is 1. The summed E-state index contributed by atoms with van der Waals surface area (Å²) in [5.41, 5.74) is 4.99. The van der Waals surface area contributed by atoms with E-state index in [9.17, 15) is 19.5 Å². The van der Waals surface area contributed by atoms with Gasteiger partial charge in [0.25, 0.3) is 5.60 Å². The summed E-state index contributed by atoms with van der Waals surface area (Å²) in [7, 11) is 0. The van der Waals surface area contributed by atoms with E-state index in [1.165, 1.54) is 10.9 Å². The van der Waals surface area contributed by atoms with E-state index in [0.717, 1.165) is 12.8 Å². The first-order valence-electron chi connectivity index (χ1n) is 14.6. The Bertz CT molecular complexity index is 1550. The van der Waals surface area contributed by atoms with Gasteiger partial charge >= 0.3 is 11.9 Å². The Balaban J connectivity index is 1.40. The van der Waals surface area contributed by atoms with Crippen molar-refractivity contribution < 1.29 is 42.8 Å². The van der Waals surface area contributed by atoms with Crippen molar-refractivity contribution in [2.75, 3.05) is 37.0 Å². The number of hydrogen-bond acceptors (Lipinski definition) is 12. The number of aliphatic hydroxyl groups is 1. The number of piperidine rings is 1. The molecule has 2 aliphatic heterocycles. The first-order valence-corrected chi connectivity index (χ1v) is 15.0. The standard InChI is InChI=1S/C29H34ClFN6O8/c1-3-42-25(39)28(26(40)43-4-2,13-17-8-10-18(11-9-17)36-12-6-5-7-20(36)38)44-15-19-29(31,41)14-21(45-19)37-16-33-22-23(32)34-27(30)35-24(22)37/h8-11,16,19,21,41H,3-7,12-15H2,1-2H3,(H2,32,34,35)/t19-,21-,29+/m1/s1. The molecule has 45 heavy (non-hydrogen) atoms. The summed E-state index contributed by atoms with van der Waals surface area (Å²) >= 11 is 5.94. The molecule has 0 bridgehead atoms. The van der Waals surface area contributed by atoms with E-state index in [2.05, 4.69) is 15.0 Å². The van der Waals surface area contributed by atoms with Crippen LogP contribution < -0.4 is 10.6 Å². The molecule has 16 heteroatoms. The van der Waals surface area contributed by atoms with Crippen LogP contribution in [0.3, 0.4) is 0 Å². The second-order valence-corrected chi connectivity index (χ2v) is 11.1. The lowest BCUT2D eigenvalue weighted by atomic mass is 9.93. The molecule has 0 saturated carbocycles. The number of amides is 1. The van der Waals surface area contributed by atoms with Crippen molar-refractivity contribution in [2.45, 2.75) is 69.7 Å². The number of alkyl halides is 1. The predicted octanol–water partition coefficient (Wildman–Crippen LogP) is 2.65. The van der Waals surface area contributed by atoms with E-state index in [-0.39, 0.29) is 47.8 Å². The number of carbonyl (C=O) groups excluding carboxylic acids is 3. The van der Waals surface area contributed by atoms with Crippen molar-refractivity contribution in [1.29, 1.82) is 0 Å². The SMILES string of the molecule is CCOC(=O)C(Cc1ccc(N2CCCCC2=O)cc1)(OC[C@H]1O[C@@H](n2cnc3c(N)nc(Cl)nc32)C[C@@]1(O)F)C(=O)OCC. The van der Waals surface area contributed by atoms with Crippen LogP contribution in [-0.4, -0.2) is 86.4 Å². The molecule has 3 N–H and O–H groups in total. The summed E-state index contributed by atoms with van der Waals surface area (Å²) in [6.45, 7) is 2.79. The largest absolute Gasteiger partial charge is 0.463 e. The van der Waals surface area contributed by atoms with E-state index in [0.29, 0.717) is 24.2 Å². The van der Waals surface area contributed by atoms with Crippen molar-refractivity contribution >= 4 is 52.1 Å². The van der Waals surface area contributed by atoms with Crippen molar-refractivity contribution in [3.63, 3.8) is 0 Å². The Hall–Kier alpha value is -3.92. The number of benzene rings is 1. The lowest BCUT2D eigenvalue weighted by Crippen LogP contribution is -2.55. The zero-order chi connectivity index (χ0) is 32.4. The number of rotatable bonds is 11. The smallest absolute Gasteiger partial charge is 0.350 e. The van der Waals surface area contributed by atoms with Gasteiger partial charge in [-0.3, -0.25) is 9.36 Å². The van der Waals surface area contributed by atoms with Gasteiger partial charge in [-0.1, -0.05) is 12.1 Å². The molecule has 14 nitrogen and oxygen atoms in total. The van der Waals surface area contributed by atoms with Gasteiger partial charge in [0.05, 0.1) is 32.6 Å². The summed E-state index contributed by atoms with van der Waals surface area (Å²) in [5.74, 6) is -5.06. The second-order valence-electron chi connectivity index (χ2n) is 10.7. The number of hydrogen-bond donors (Lipinski definition) is 2. The number of nitrogens with two attached hydrogens (primary N) is 1. The van der Waals surface area contributed by atoms with Gasteiger partial charge in [-0.15, -0.1) is 0 Å². The minimum absolute atomic E-state index is 0.00126. The maximum absolute atomic E-state index is 15.6. The molecule has 0 unspecified atom stereocenters. The number of fused-ring (bicyclic) bond motifs is 1. The molecular formula is C29H34ClFN6O8. The fourth-order valence-corrected chi connectivity index (χ4v) is 5.61. The zero-order valence-electron chi connectivity index (χ0n) is 24.8. The second kappa shape index (κ2) is 13.2. The van der Waals surface area contributed by atoms with E-state index in [4.69, 9.17) is 36.3 Å². The molecule has 2 aromatic heterocycles. The van der Waals surface area contributed by atoms with Gasteiger partial charge in [-0.2, -0.15) is 9.97 Å². The Morgan fingerprint density at radius 3 is 2.51 bits per heavy atom. The highest BCUT2D eigenvalue weighted by Crippen LogP contribution is 2.40. The molecule has 2 saturated heterocycles. The normalized spacial score (nSPS) is 22.2. The third kappa shape index (κ3) is 6.57. The summed E-state index contributed by atoms with van der Waals surface area (Å²) in [6, 6.07) is 6.74. The van der Waals surface area contributed by atoms with E-state index in [1.807, 2.05) is 0 Å². The number of nitrogen functional groups attached to an aromatic ring is 1. The summed E-state index contributed by atoms with van der Waals surface area (Å²) in [4.78, 5) is 53.0. The van der Waals surface area contributed by atoms with E-state index in [1.54, 1.807) is 43.0 Å². The Morgan fingerprint density at radius 1 is 1.18 bits per heavy atom. The molecular weight excluding hydrogens is 615 g/mol. The number of ether oxygens (including phenoxy) is 4. The third-order valence-electron chi connectivity index (χ3n) is 7.72. The van der Waals surface area contributed by atoms with Gasteiger partial charge in [0.15, 0.2) is 11.5 Å². The van der Waals surface area contributed by atoms with Crippen LogP contribution in [0.4, 0.5) is 15.9 Å². The molecule has 1 amide bonds. The highest BCUT2D eigenvalue weighted by molar-refractivity contribution is 6.28. The monoisotopic (exact) mass is 648 g/mol. The molecule has 5 rings (SSSR count). The minimum Gasteiger partial charge on any atom is -0.463 e. The van der Waals surface area contributed by atoms with Gasteiger partial charge in [-0.05, 0) is 56.0 Å². The molecule has 0 spiro atoms. The molecule has 3 aromatic rings. The molecule has 4 heterocycles. The molecule has 3 atom stereocenters. The summed E-state index contributed by atoms with van der Waals surface area (Å²) in [6.07, 6.45) is -0.243. The zero-order valence-corrected chi connectivity index (χ0v) is 25.5. The summed E-state index contributed by atoms with van der Waals surface area (Å²) in [5, 5.41) is 10.5. The molecule has 0 radical (unpaired) electrons. The lowest BCUT2D eigenvalue weighted by molar-refractivity contribution is -0.207. The minimum atomic E-state index is -2.96. The number of carbonyl (C=O) groups is 3. The quantitative estimate of drug-likeness (QED) is 0.176. The fourth-order valence-electron chi connectivity index (χ4n) is 5.44. The lowest BCUT2D eigenvalue weighted by Gasteiger charge is -2.31. The Labute approximate surface area is 262 Å². The van der Waals surface area contributed by atoms with Crippen molar-refractivity contribution in [3.05, 3.63) is 41.4 Å². The maximum Gasteiger partial charge on any atom is 0.350 e. The number of nitrogens with zero attached hydrogens (tertiary/aromatic N) is 5. The highest BCUT2D eigenvalue weighted by atomic mass is 35.5. The van der Waals surface area contributed by atoms with Gasteiger partial charge in [-0.25, -0.2) is 19.0 Å². The van der Waals surface area contributed by atoms with Crippen LogP contribution in [0.15, 0.2) is 30.6 Å². The molecule has 242 valence electrons. The van der Waals surface area contributed by atoms with Gasteiger partial charge < -0.3 is 34.7 Å². The Morgan fingerprint density at radius 2 is 1.87 bits per heavy atom. The van der Waals surface area contributed by atoms with Gasteiger partial charge in [0, 0.05) is 25.1 Å². The number of aromatic nitrogens is 4. The molecule has 2 aliphatic rings. The first-order chi connectivity index (χ1) is 21.5. The van der Waals surface area contributed by atoms with Crippen LogP contribution >= 0.6 is 11.6 Å². The van der Waals surface area contributed by atoms with Crippen molar-refractivity contribution in [3.8, 4) is 0 Å². The summed E-state index contributed by atoms with van der Waals surface area (Å²) < 4.78 is 39.1. The van der Waals surface area contributed by atoms with Crippen LogP contribution in [-0.2, 0) is 39.8 Å². The topological polar surface area (TPSA) is 181 Å². The Kier molecular flexibility index (Phi) is 9.53. The van der Waals surface area contributed by atoms with Crippen LogP contribution in [0.1, 0.15) is 51.3 Å². The average Bonchev–Trinajstić information content (AvgIpc) is 3.56. The molecule has 2 fully saturated rings. The van der Waals surface area contributed by atoms with E-state index >= 15 is 4.39 Å². The van der Waals surface area contributed by atoms with Crippen LogP contribution in [0.25, 0.3) is 11.2 Å². The van der Waals surface area contributed by atoms with E-state index < -0.39 is 48.8 Å². The molecule has 0 aliphatic carbocycles. The van der Waals surface area contributed by atoms with Crippen molar-refractivity contribution in [1.82, 2.24) is 19.5 Å². The van der Waals surface area contributed by atoms with Gasteiger partial charge in [0.1, 0.15) is 17.8 Å². The fraction of sp³-hybridized carbons (Fsp3) is 0.517. The van der Waals surface area contributed by atoms with Crippen LogP contribution in [0, 0.1) is 0 Å². The number of esters is 2. The number of anilines is 2. The highest BCUT2D eigenvalue weighted by Gasteiger charge is 2.55.